The summed E-state index contributed by atoms with van der Waals surface area (Å²) in [5.41, 5.74) is 0.313. The van der Waals surface area contributed by atoms with Gasteiger partial charge in [-0.15, -0.1) is 6.58 Å². The molecule has 0 unspecified atom stereocenters. The van der Waals surface area contributed by atoms with Crippen molar-refractivity contribution in [3.05, 3.63) is 42.5 Å². The molecule has 114 valence electrons. The Kier molecular flexibility index (Phi) is 4.23. The van der Waals surface area contributed by atoms with Crippen LogP contribution < -0.4 is 0 Å². The molecule has 0 aliphatic carbocycles. The molecule has 1 aromatic carbocycles. The summed E-state index contributed by atoms with van der Waals surface area (Å²) in [6.45, 7) is 7.63. The quantitative estimate of drug-likeness (QED) is 0.804. The monoisotopic (exact) mass is 307 g/mol. The lowest BCUT2D eigenvalue weighted by Crippen LogP contribution is -2.49. The van der Waals surface area contributed by atoms with E-state index in [-0.39, 0.29) is 17.3 Å². The second-order valence-corrected chi connectivity index (χ2v) is 7.71. The fraction of sp³-hybridized carbons (Fsp3) is 0.438. The van der Waals surface area contributed by atoms with Crippen molar-refractivity contribution in [3.63, 3.8) is 0 Å². The minimum Gasteiger partial charge on any atom is -0.273 e. The molecule has 1 saturated heterocycles. The van der Waals surface area contributed by atoms with Crippen molar-refractivity contribution in [1.29, 1.82) is 0 Å². The summed E-state index contributed by atoms with van der Waals surface area (Å²) in [4.78, 5) is 12.8. The van der Waals surface area contributed by atoms with Crippen molar-refractivity contribution >= 4 is 15.9 Å². The van der Waals surface area contributed by atoms with E-state index in [0.717, 1.165) is 9.87 Å². The van der Waals surface area contributed by atoms with Crippen LogP contribution in [0, 0.1) is 12.3 Å². The Morgan fingerprint density at radius 2 is 1.95 bits per heavy atom. The highest BCUT2D eigenvalue weighted by Crippen LogP contribution is 2.36. The lowest BCUT2D eigenvalue weighted by molar-refractivity contribution is -0.139. The molecular formula is C16H21NO3S. The molecule has 21 heavy (non-hydrogen) atoms. The molecular weight excluding hydrogens is 286 g/mol. The Bertz CT molecular complexity index is 649. The summed E-state index contributed by atoms with van der Waals surface area (Å²) in [6.07, 6.45) is 3.55. The number of rotatable bonds is 4. The maximum Gasteiger partial charge on any atom is 0.266 e. The Morgan fingerprint density at radius 3 is 2.52 bits per heavy atom. The van der Waals surface area contributed by atoms with Crippen LogP contribution in [0.5, 0.6) is 0 Å². The molecule has 1 atom stereocenters. The molecule has 0 spiro atoms. The maximum atomic E-state index is 12.7. The third kappa shape index (κ3) is 2.88. The molecule has 1 heterocycles. The topological polar surface area (TPSA) is 54.5 Å². The molecule has 1 amide bonds. The molecule has 1 fully saturated rings. The van der Waals surface area contributed by atoms with Gasteiger partial charge >= 0.3 is 0 Å². The highest BCUT2D eigenvalue weighted by Gasteiger charge is 2.43. The first-order valence-electron chi connectivity index (χ1n) is 7.06. The van der Waals surface area contributed by atoms with Crippen LogP contribution in [0.25, 0.3) is 0 Å². The van der Waals surface area contributed by atoms with E-state index in [1.165, 1.54) is 0 Å². The minimum absolute atomic E-state index is 0.171. The van der Waals surface area contributed by atoms with Gasteiger partial charge < -0.3 is 0 Å². The average molecular weight is 307 g/mol. The Morgan fingerprint density at radius 1 is 1.33 bits per heavy atom. The van der Waals surface area contributed by atoms with E-state index in [2.05, 4.69) is 6.58 Å². The van der Waals surface area contributed by atoms with Gasteiger partial charge in [-0.2, -0.15) is 0 Å². The first kappa shape index (κ1) is 15.8. The number of carbonyl (C=O) groups is 1. The number of hydrogen-bond acceptors (Lipinski definition) is 3. The van der Waals surface area contributed by atoms with Crippen LogP contribution in [0.2, 0.25) is 0 Å². The minimum atomic E-state index is -3.77. The van der Waals surface area contributed by atoms with Gasteiger partial charge in [-0.05, 0) is 38.3 Å². The van der Waals surface area contributed by atoms with Gasteiger partial charge in [0.2, 0.25) is 5.91 Å². The van der Waals surface area contributed by atoms with Crippen molar-refractivity contribution in [3.8, 4) is 0 Å². The van der Waals surface area contributed by atoms with Crippen molar-refractivity contribution in [2.45, 2.75) is 38.0 Å². The molecule has 1 aromatic rings. The third-order valence-electron chi connectivity index (χ3n) is 4.04. The molecule has 0 saturated carbocycles. The Labute approximate surface area is 126 Å². The van der Waals surface area contributed by atoms with Crippen LogP contribution in [0.15, 0.2) is 41.8 Å². The third-order valence-corrected chi connectivity index (χ3v) is 5.83. The highest BCUT2D eigenvalue weighted by molar-refractivity contribution is 7.89. The zero-order valence-corrected chi connectivity index (χ0v) is 13.3. The molecule has 0 bridgehead atoms. The van der Waals surface area contributed by atoms with E-state index in [4.69, 9.17) is 0 Å². The molecule has 2 rings (SSSR count). The zero-order chi connectivity index (χ0) is 15.7. The number of amides is 1. The molecule has 4 nitrogen and oxygen atoms in total. The van der Waals surface area contributed by atoms with Crippen molar-refractivity contribution in [1.82, 2.24) is 4.31 Å². The maximum absolute atomic E-state index is 12.7. The van der Waals surface area contributed by atoms with Gasteiger partial charge in [0.15, 0.2) is 0 Å². The van der Waals surface area contributed by atoms with Gasteiger partial charge in [0.1, 0.15) is 0 Å². The van der Waals surface area contributed by atoms with E-state index in [1.807, 2.05) is 13.8 Å². The summed E-state index contributed by atoms with van der Waals surface area (Å²) in [6, 6.07) is 6.59. The zero-order valence-electron chi connectivity index (χ0n) is 12.5. The predicted octanol–water partition coefficient (Wildman–Crippen LogP) is 2.89. The summed E-state index contributed by atoms with van der Waals surface area (Å²) in [5, 5.41) is 0. The van der Waals surface area contributed by atoms with E-state index < -0.39 is 15.4 Å². The van der Waals surface area contributed by atoms with Gasteiger partial charge in [0.05, 0.1) is 10.3 Å². The predicted molar refractivity (Wildman–Crippen MR) is 82.2 cm³/mol. The number of aryl methyl sites for hydroxylation is 1. The number of allylic oxidation sites excluding steroid dienone is 1. The summed E-state index contributed by atoms with van der Waals surface area (Å²) >= 11 is 0. The van der Waals surface area contributed by atoms with Crippen LogP contribution >= 0.6 is 0 Å². The fourth-order valence-electron chi connectivity index (χ4n) is 2.70. The number of sulfonamides is 1. The smallest absolute Gasteiger partial charge is 0.266 e. The van der Waals surface area contributed by atoms with Crippen LogP contribution in [0.4, 0.5) is 0 Å². The van der Waals surface area contributed by atoms with Crippen LogP contribution in [-0.2, 0) is 14.8 Å². The SMILES string of the molecule is C=CC[C@]1(C)CCCN(S(=O)(=O)c2ccc(C)cc2)C1=O. The number of benzene rings is 1. The van der Waals surface area contributed by atoms with Crippen LogP contribution in [0.3, 0.4) is 0 Å². The lowest BCUT2D eigenvalue weighted by atomic mass is 9.79. The van der Waals surface area contributed by atoms with E-state index in [0.29, 0.717) is 19.3 Å². The largest absolute Gasteiger partial charge is 0.273 e. The Hall–Kier alpha value is -1.62. The van der Waals surface area contributed by atoms with Crippen LogP contribution in [0.1, 0.15) is 31.7 Å². The number of hydrogen-bond donors (Lipinski definition) is 0. The average Bonchev–Trinajstić information content (AvgIpc) is 2.42. The summed E-state index contributed by atoms with van der Waals surface area (Å²) < 4.78 is 26.4. The van der Waals surface area contributed by atoms with E-state index in [1.54, 1.807) is 30.3 Å². The summed E-state index contributed by atoms with van der Waals surface area (Å²) in [7, 11) is -3.77. The van der Waals surface area contributed by atoms with Crippen molar-refractivity contribution < 1.29 is 13.2 Å². The second-order valence-electron chi connectivity index (χ2n) is 5.85. The fourth-order valence-corrected chi connectivity index (χ4v) is 4.24. The van der Waals surface area contributed by atoms with Crippen molar-refractivity contribution in [2.75, 3.05) is 6.54 Å². The first-order valence-corrected chi connectivity index (χ1v) is 8.50. The van der Waals surface area contributed by atoms with Crippen molar-refractivity contribution in [2.24, 2.45) is 5.41 Å². The summed E-state index contributed by atoms with van der Waals surface area (Å²) in [5.74, 6) is -0.325. The van der Waals surface area contributed by atoms with Crippen LogP contribution in [-0.4, -0.2) is 25.2 Å². The normalized spacial score (nSPS) is 23.1. The van der Waals surface area contributed by atoms with E-state index >= 15 is 0 Å². The highest BCUT2D eigenvalue weighted by atomic mass is 32.2. The molecule has 5 heteroatoms. The molecule has 0 aromatic heterocycles. The standard InChI is InChI=1S/C16H21NO3S/c1-4-10-16(3)11-5-12-17(15(16)18)21(19,20)14-8-6-13(2)7-9-14/h4,6-9H,1,5,10-12H2,2-3H3/t16-/m1/s1. The van der Waals surface area contributed by atoms with E-state index in [9.17, 15) is 13.2 Å². The Balaban J connectivity index is 2.37. The first-order chi connectivity index (χ1) is 9.81. The second kappa shape index (κ2) is 5.64. The molecule has 1 aliphatic heterocycles. The molecule has 1 aliphatic rings. The van der Waals surface area contributed by atoms with Gasteiger partial charge in [0, 0.05) is 6.54 Å². The van der Waals surface area contributed by atoms with Gasteiger partial charge in [-0.1, -0.05) is 30.7 Å². The van der Waals surface area contributed by atoms with Gasteiger partial charge in [0.25, 0.3) is 10.0 Å². The van der Waals surface area contributed by atoms with Gasteiger partial charge in [-0.3, -0.25) is 4.79 Å². The lowest BCUT2D eigenvalue weighted by Gasteiger charge is -2.38. The number of piperidine rings is 1. The number of nitrogens with zero attached hydrogens (tertiary/aromatic N) is 1. The van der Waals surface area contributed by atoms with Gasteiger partial charge in [-0.25, -0.2) is 12.7 Å². The molecule has 0 N–H and O–H groups in total. The molecule has 0 radical (unpaired) electrons. The number of carbonyl (C=O) groups excluding carboxylic acids is 1.